The summed E-state index contributed by atoms with van der Waals surface area (Å²) in [6.07, 6.45) is 0. The van der Waals surface area contributed by atoms with Crippen LogP contribution in [0.1, 0.15) is 23.1 Å². The summed E-state index contributed by atoms with van der Waals surface area (Å²) in [7, 11) is 2.14. The Bertz CT molecular complexity index is 1040. The van der Waals surface area contributed by atoms with Crippen molar-refractivity contribution < 1.29 is 9.53 Å². The molecule has 0 saturated carbocycles. The maximum Gasteiger partial charge on any atom is 0.278 e. The minimum absolute atomic E-state index is 0.287. The predicted molar refractivity (Wildman–Crippen MR) is 121 cm³/mol. The number of hydrogen-bond acceptors (Lipinski definition) is 6. The first kappa shape index (κ1) is 20.9. The van der Waals surface area contributed by atoms with Gasteiger partial charge in [-0.15, -0.1) is 5.10 Å². The lowest BCUT2D eigenvalue weighted by Crippen LogP contribution is -2.44. The Hall–Kier alpha value is -3.39. The standard InChI is InChI=1S/C23H28N6O2/c1-4-31-21-8-6-5-7-20(21)29-17(2)22(25-26-29)23(30)24-18-9-11-19(12-10-18)28-15-13-27(3)14-16-28/h5-12H,4,13-16H2,1-3H3,(H,24,30). The maximum absolute atomic E-state index is 12.8. The van der Waals surface area contributed by atoms with Gasteiger partial charge in [0.15, 0.2) is 5.69 Å². The molecule has 31 heavy (non-hydrogen) atoms. The SMILES string of the molecule is CCOc1ccccc1-n1nnc(C(=O)Nc2ccc(N3CCN(C)CC3)cc2)c1C. The second-order valence-electron chi connectivity index (χ2n) is 7.63. The first-order chi connectivity index (χ1) is 15.1. The Kier molecular flexibility index (Phi) is 6.18. The molecule has 0 spiro atoms. The van der Waals surface area contributed by atoms with Gasteiger partial charge in [-0.05, 0) is 57.3 Å². The predicted octanol–water partition coefficient (Wildman–Crippen LogP) is 2.98. The number of nitrogens with one attached hydrogen (secondary N) is 1. The van der Waals surface area contributed by atoms with Crippen molar-refractivity contribution in [2.45, 2.75) is 13.8 Å². The normalized spacial score (nSPS) is 14.5. The highest BCUT2D eigenvalue weighted by Crippen LogP contribution is 2.24. The molecule has 8 heteroatoms. The molecule has 0 aliphatic carbocycles. The van der Waals surface area contributed by atoms with Crippen molar-refractivity contribution in [3.05, 3.63) is 59.9 Å². The van der Waals surface area contributed by atoms with Crippen LogP contribution in [0.4, 0.5) is 11.4 Å². The van der Waals surface area contributed by atoms with Crippen LogP contribution in [0.5, 0.6) is 5.75 Å². The Morgan fingerprint density at radius 1 is 1.06 bits per heavy atom. The molecular formula is C23H28N6O2. The van der Waals surface area contributed by atoms with Crippen LogP contribution in [0.3, 0.4) is 0 Å². The van der Waals surface area contributed by atoms with Gasteiger partial charge in [-0.1, -0.05) is 17.3 Å². The molecule has 1 aliphatic rings. The number of anilines is 2. The third kappa shape index (κ3) is 4.54. The Labute approximate surface area is 182 Å². The minimum Gasteiger partial charge on any atom is -0.492 e. The van der Waals surface area contributed by atoms with Crippen LogP contribution >= 0.6 is 0 Å². The van der Waals surface area contributed by atoms with Crippen molar-refractivity contribution in [2.24, 2.45) is 0 Å². The van der Waals surface area contributed by atoms with Gasteiger partial charge in [-0.25, -0.2) is 4.68 Å². The van der Waals surface area contributed by atoms with Crippen molar-refractivity contribution >= 4 is 17.3 Å². The molecule has 0 radical (unpaired) electrons. The highest BCUT2D eigenvalue weighted by atomic mass is 16.5. The third-order valence-corrected chi connectivity index (χ3v) is 5.50. The number of likely N-dealkylation sites (N-methyl/N-ethyl adjacent to an activating group) is 1. The summed E-state index contributed by atoms with van der Waals surface area (Å²) in [5.41, 5.74) is 3.59. The molecule has 1 aromatic heterocycles. The van der Waals surface area contributed by atoms with Crippen LogP contribution in [0, 0.1) is 6.92 Å². The van der Waals surface area contributed by atoms with E-state index in [9.17, 15) is 4.79 Å². The topological polar surface area (TPSA) is 75.5 Å². The van der Waals surface area contributed by atoms with E-state index in [1.165, 1.54) is 5.69 Å². The number of rotatable bonds is 6. The minimum atomic E-state index is -0.287. The molecule has 2 aromatic carbocycles. The van der Waals surface area contributed by atoms with Crippen molar-refractivity contribution in [3.63, 3.8) is 0 Å². The third-order valence-electron chi connectivity index (χ3n) is 5.50. The first-order valence-electron chi connectivity index (χ1n) is 10.6. The molecule has 3 aromatic rings. The average molecular weight is 421 g/mol. The largest absolute Gasteiger partial charge is 0.492 e. The van der Waals surface area contributed by atoms with Gasteiger partial charge in [0.05, 0.1) is 12.3 Å². The van der Waals surface area contributed by atoms with Crippen molar-refractivity contribution in [1.29, 1.82) is 0 Å². The molecule has 1 amide bonds. The lowest BCUT2D eigenvalue weighted by molar-refractivity contribution is 0.102. The van der Waals surface area contributed by atoms with Crippen LogP contribution < -0.4 is 15.0 Å². The fraction of sp³-hybridized carbons (Fsp3) is 0.348. The van der Waals surface area contributed by atoms with Gasteiger partial charge < -0.3 is 19.9 Å². The van der Waals surface area contributed by atoms with Gasteiger partial charge in [-0.3, -0.25) is 4.79 Å². The van der Waals surface area contributed by atoms with Crippen LogP contribution in [0.25, 0.3) is 5.69 Å². The lowest BCUT2D eigenvalue weighted by Gasteiger charge is -2.34. The lowest BCUT2D eigenvalue weighted by atomic mass is 10.2. The number of benzene rings is 2. The number of piperazine rings is 1. The monoisotopic (exact) mass is 420 g/mol. The van der Waals surface area contributed by atoms with E-state index in [0.717, 1.165) is 37.6 Å². The smallest absolute Gasteiger partial charge is 0.278 e. The number of nitrogens with zero attached hydrogens (tertiary/aromatic N) is 5. The maximum atomic E-state index is 12.8. The van der Waals surface area contributed by atoms with Crippen molar-refractivity contribution in [1.82, 2.24) is 19.9 Å². The molecule has 162 valence electrons. The van der Waals surface area contributed by atoms with Crippen LogP contribution in [0.2, 0.25) is 0 Å². The molecule has 0 unspecified atom stereocenters. The first-order valence-corrected chi connectivity index (χ1v) is 10.6. The highest BCUT2D eigenvalue weighted by molar-refractivity contribution is 6.03. The molecule has 1 saturated heterocycles. The summed E-state index contributed by atoms with van der Waals surface area (Å²) in [5.74, 6) is 0.412. The van der Waals surface area contributed by atoms with Crippen LogP contribution in [-0.2, 0) is 0 Å². The zero-order valence-corrected chi connectivity index (χ0v) is 18.2. The number of hydrogen-bond donors (Lipinski definition) is 1. The summed E-state index contributed by atoms with van der Waals surface area (Å²) in [6, 6.07) is 15.5. The zero-order valence-electron chi connectivity index (χ0n) is 18.2. The van der Waals surface area contributed by atoms with E-state index in [1.807, 2.05) is 62.4 Å². The Balaban J connectivity index is 1.47. The molecule has 1 fully saturated rings. The van der Waals surface area contributed by atoms with E-state index in [-0.39, 0.29) is 11.6 Å². The second kappa shape index (κ2) is 9.18. The summed E-state index contributed by atoms with van der Waals surface area (Å²) >= 11 is 0. The molecule has 1 N–H and O–H groups in total. The van der Waals surface area contributed by atoms with E-state index in [0.29, 0.717) is 18.1 Å². The number of ether oxygens (including phenoxy) is 1. The molecule has 4 rings (SSSR count). The summed E-state index contributed by atoms with van der Waals surface area (Å²) in [5, 5.41) is 11.2. The van der Waals surface area contributed by atoms with Gasteiger partial charge in [0.2, 0.25) is 0 Å². The highest BCUT2D eigenvalue weighted by Gasteiger charge is 2.20. The Morgan fingerprint density at radius 2 is 1.77 bits per heavy atom. The van der Waals surface area contributed by atoms with E-state index >= 15 is 0 Å². The Morgan fingerprint density at radius 3 is 2.48 bits per heavy atom. The van der Waals surface area contributed by atoms with Crippen LogP contribution in [0.15, 0.2) is 48.5 Å². The van der Waals surface area contributed by atoms with Gasteiger partial charge in [0, 0.05) is 37.6 Å². The zero-order chi connectivity index (χ0) is 21.8. The fourth-order valence-electron chi connectivity index (χ4n) is 3.69. The number of aromatic nitrogens is 3. The van der Waals surface area contributed by atoms with Crippen molar-refractivity contribution in [3.8, 4) is 11.4 Å². The van der Waals surface area contributed by atoms with E-state index in [1.54, 1.807) is 4.68 Å². The molecule has 8 nitrogen and oxygen atoms in total. The number of carbonyl (C=O) groups is 1. The molecule has 1 aliphatic heterocycles. The second-order valence-corrected chi connectivity index (χ2v) is 7.63. The summed E-state index contributed by atoms with van der Waals surface area (Å²) in [4.78, 5) is 17.5. The van der Waals surface area contributed by atoms with Crippen LogP contribution in [-0.4, -0.2) is 65.6 Å². The number of para-hydroxylation sites is 2. The van der Waals surface area contributed by atoms with Gasteiger partial charge in [0.1, 0.15) is 11.4 Å². The van der Waals surface area contributed by atoms with E-state index in [2.05, 4.69) is 32.5 Å². The van der Waals surface area contributed by atoms with E-state index < -0.39 is 0 Å². The summed E-state index contributed by atoms with van der Waals surface area (Å²) in [6.45, 7) is 8.43. The fourth-order valence-corrected chi connectivity index (χ4v) is 3.69. The molecular weight excluding hydrogens is 392 g/mol. The van der Waals surface area contributed by atoms with Gasteiger partial charge in [0.25, 0.3) is 5.91 Å². The van der Waals surface area contributed by atoms with E-state index in [4.69, 9.17) is 4.74 Å². The van der Waals surface area contributed by atoms with Gasteiger partial charge >= 0.3 is 0 Å². The van der Waals surface area contributed by atoms with Gasteiger partial charge in [-0.2, -0.15) is 0 Å². The molecule has 2 heterocycles. The molecule has 0 bridgehead atoms. The number of carbonyl (C=O) groups excluding carboxylic acids is 1. The average Bonchev–Trinajstić information content (AvgIpc) is 3.17. The quantitative estimate of drug-likeness (QED) is 0.661. The number of amides is 1. The molecule has 0 atom stereocenters. The van der Waals surface area contributed by atoms with Crippen molar-refractivity contribution in [2.75, 3.05) is 50.1 Å². The summed E-state index contributed by atoms with van der Waals surface area (Å²) < 4.78 is 7.32.